The summed E-state index contributed by atoms with van der Waals surface area (Å²) in [5.74, 6) is 0.837. The second kappa shape index (κ2) is 6.33. The third-order valence-corrected chi connectivity index (χ3v) is 2.67. The minimum Gasteiger partial charge on any atom is -0.496 e. The highest BCUT2D eigenvalue weighted by Gasteiger charge is 2.10. The second-order valence-electron chi connectivity index (χ2n) is 3.98. The lowest BCUT2D eigenvalue weighted by Crippen LogP contribution is -2.11. The van der Waals surface area contributed by atoms with E-state index < -0.39 is 0 Å². The molecule has 0 bridgehead atoms. The number of aliphatic hydroxyl groups is 1. The van der Waals surface area contributed by atoms with Gasteiger partial charge in [0.05, 0.1) is 13.2 Å². The highest BCUT2D eigenvalue weighted by Crippen LogP contribution is 2.20. The Morgan fingerprint density at radius 2 is 2.12 bits per heavy atom. The quantitative estimate of drug-likeness (QED) is 0.747. The van der Waals surface area contributed by atoms with Gasteiger partial charge in [-0.05, 0) is 24.5 Å². The van der Waals surface area contributed by atoms with Crippen LogP contribution in [-0.2, 0) is 6.42 Å². The van der Waals surface area contributed by atoms with Gasteiger partial charge in [-0.25, -0.2) is 0 Å². The van der Waals surface area contributed by atoms with E-state index in [-0.39, 0.29) is 6.10 Å². The van der Waals surface area contributed by atoms with Crippen LogP contribution in [0.25, 0.3) is 0 Å². The Morgan fingerprint density at radius 3 is 2.75 bits per heavy atom. The van der Waals surface area contributed by atoms with Crippen LogP contribution in [0.5, 0.6) is 5.75 Å². The average Bonchev–Trinajstić information content (AvgIpc) is 2.29. The molecule has 0 aromatic heterocycles. The van der Waals surface area contributed by atoms with Crippen molar-refractivity contribution in [3.63, 3.8) is 0 Å². The zero-order valence-corrected chi connectivity index (χ0v) is 10.1. The zero-order chi connectivity index (χ0) is 12.0. The first-order valence-electron chi connectivity index (χ1n) is 5.64. The van der Waals surface area contributed by atoms with Crippen LogP contribution in [0.15, 0.2) is 36.4 Å². The van der Waals surface area contributed by atoms with Gasteiger partial charge >= 0.3 is 0 Å². The summed E-state index contributed by atoms with van der Waals surface area (Å²) in [5.41, 5.74) is 2.13. The summed E-state index contributed by atoms with van der Waals surface area (Å²) in [6.07, 6.45) is 1.82. The molecule has 1 aromatic rings. The molecule has 16 heavy (non-hydrogen) atoms. The van der Waals surface area contributed by atoms with E-state index in [1.807, 2.05) is 24.3 Å². The molecule has 0 saturated carbocycles. The van der Waals surface area contributed by atoms with Crippen molar-refractivity contribution in [1.29, 1.82) is 0 Å². The lowest BCUT2D eigenvalue weighted by atomic mass is 10.0. The topological polar surface area (TPSA) is 29.5 Å². The largest absolute Gasteiger partial charge is 0.496 e. The normalized spacial score (nSPS) is 12.2. The number of aliphatic hydroxyl groups excluding tert-OH is 1. The standard InChI is InChI=1S/C14H20O2/c1-4-11(2)9-13(15)10-12-7-5-6-8-14(12)16-3/h5-8,13,15H,2,4,9-10H2,1,3H3. The van der Waals surface area contributed by atoms with Crippen molar-refractivity contribution in [2.45, 2.75) is 32.3 Å². The number of methoxy groups -OCH3 is 1. The average molecular weight is 220 g/mol. The molecule has 1 unspecified atom stereocenters. The van der Waals surface area contributed by atoms with E-state index in [1.54, 1.807) is 7.11 Å². The molecule has 0 spiro atoms. The van der Waals surface area contributed by atoms with Gasteiger partial charge in [0.1, 0.15) is 5.75 Å². The molecule has 0 radical (unpaired) electrons. The molecule has 1 N–H and O–H groups in total. The van der Waals surface area contributed by atoms with Gasteiger partial charge < -0.3 is 9.84 Å². The molecule has 1 atom stereocenters. The van der Waals surface area contributed by atoms with Crippen LogP contribution >= 0.6 is 0 Å². The number of para-hydroxylation sites is 1. The van der Waals surface area contributed by atoms with Crippen molar-refractivity contribution < 1.29 is 9.84 Å². The van der Waals surface area contributed by atoms with E-state index in [2.05, 4.69) is 13.5 Å². The van der Waals surface area contributed by atoms with E-state index in [9.17, 15) is 5.11 Å². The van der Waals surface area contributed by atoms with Gasteiger partial charge in [0, 0.05) is 6.42 Å². The van der Waals surface area contributed by atoms with E-state index in [0.29, 0.717) is 12.8 Å². The molecular weight excluding hydrogens is 200 g/mol. The fourth-order valence-electron chi connectivity index (χ4n) is 1.68. The van der Waals surface area contributed by atoms with Crippen LogP contribution in [0.4, 0.5) is 0 Å². The van der Waals surface area contributed by atoms with Gasteiger partial charge in [-0.2, -0.15) is 0 Å². The van der Waals surface area contributed by atoms with Crippen molar-refractivity contribution >= 4 is 0 Å². The van der Waals surface area contributed by atoms with Gasteiger partial charge in [0.2, 0.25) is 0 Å². The van der Waals surface area contributed by atoms with E-state index in [1.165, 1.54) is 0 Å². The van der Waals surface area contributed by atoms with Crippen molar-refractivity contribution in [1.82, 2.24) is 0 Å². The van der Waals surface area contributed by atoms with Crippen molar-refractivity contribution in [2.75, 3.05) is 7.11 Å². The first kappa shape index (κ1) is 12.8. The molecule has 2 heteroatoms. The lowest BCUT2D eigenvalue weighted by Gasteiger charge is -2.13. The Kier molecular flexibility index (Phi) is 5.06. The summed E-state index contributed by atoms with van der Waals surface area (Å²) in [6.45, 7) is 5.96. The molecule has 0 aliphatic carbocycles. The summed E-state index contributed by atoms with van der Waals surface area (Å²) in [7, 11) is 1.65. The van der Waals surface area contributed by atoms with Gasteiger partial charge in [0.15, 0.2) is 0 Å². The van der Waals surface area contributed by atoms with Crippen molar-refractivity contribution in [2.24, 2.45) is 0 Å². The maximum absolute atomic E-state index is 9.91. The fourth-order valence-corrected chi connectivity index (χ4v) is 1.68. The second-order valence-corrected chi connectivity index (χ2v) is 3.98. The molecule has 1 aromatic carbocycles. The first-order chi connectivity index (χ1) is 7.67. The first-order valence-corrected chi connectivity index (χ1v) is 5.64. The molecule has 0 aliphatic heterocycles. The fraction of sp³-hybridized carbons (Fsp3) is 0.429. The van der Waals surface area contributed by atoms with Crippen LogP contribution in [-0.4, -0.2) is 18.3 Å². The molecule has 0 heterocycles. The molecule has 2 nitrogen and oxygen atoms in total. The smallest absolute Gasteiger partial charge is 0.122 e. The molecule has 0 saturated heterocycles. The molecule has 0 aliphatic rings. The van der Waals surface area contributed by atoms with Crippen LogP contribution < -0.4 is 4.74 Å². The molecule has 1 rings (SSSR count). The highest BCUT2D eigenvalue weighted by molar-refractivity contribution is 5.33. The van der Waals surface area contributed by atoms with Crippen molar-refractivity contribution in [3.8, 4) is 5.75 Å². The Labute approximate surface area is 97.6 Å². The van der Waals surface area contributed by atoms with Gasteiger partial charge in [-0.15, -0.1) is 0 Å². The summed E-state index contributed by atoms with van der Waals surface area (Å²) < 4.78 is 5.24. The predicted octanol–water partition coefficient (Wildman–Crippen LogP) is 2.95. The van der Waals surface area contributed by atoms with E-state index >= 15 is 0 Å². The van der Waals surface area contributed by atoms with Gasteiger partial charge in [-0.3, -0.25) is 0 Å². The van der Waals surface area contributed by atoms with Crippen LogP contribution in [0, 0.1) is 0 Å². The molecular formula is C14H20O2. The van der Waals surface area contributed by atoms with Gasteiger partial charge in [0.25, 0.3) is 0 Å². The summed E-state index contributed by atoms with van der Waals surface area (Å²) in [5, 5.41) is 9.91. The lowest BCUT2D eigenvalue weighted by molar-refractivity contribution is 0.173. The maximum atomic E-state index is 9.91. The number of benzene rings is 1. The molecule has 88 valence electrons. The summed E-state index contributed by atoms with van der Waals surface area (Å²) in [6, 6.07) is 7.78. The Morgan fingerprint density at radius 1 is 1.44 bits per heavy atom. The van der Waals surface area contributed by atoms with Gasteiger partial charge in [-0.1, -0.05) is 37.3 Å². The molecule has 0 amide bonds. The predicted molar refractivity (Wildman–Crippen MR) is 66.8 cm³/mol. The van der Waals surface area contributed by atoms with E-state index in [0.717, 1.165) is 23.3 Å². The van der Waals surface area contributed by atoms with Crippen molar-refractivity contribution in [3.05, 3.63) is 42.0 Å². The third kappa shape index (κ3) is 3.70. The minimum absolute atomic E-state index is 0.372. The monoisotopic (exact) mass is 220 g/mol. The third-order valence-electron chi connectivity index (χ3n) is 2.67. The minimum atomic E-state index is -0.372. The Hall–Kier alpha value is -1.28. The number of rotatable bonds is 6. The highest BCUT2D eigenvalue weighted by atomic mass is 16.5. The van der Waals surface area contributed by atoms with Crippen LogP contribution in [0.2, 0.25) is 0 Å². The zero-order valence-electron chi connectivity index (χ0n) is 10.1. The number of ether oxygens (including phenoxy) is 1. The summed E-state index contributed by atoms with van der Waals surface area (Å²) in [4.78, 5) is 0. The Bertz CT molecular complexity index is 344. The number of hydrogen-bond donors (Lipinski definition) is 1. The number of hydrogen-bond acceptors (Lipinski definition) is 2. The maximum Gasteiger partial charge on any atom is 0.122 e. The van der Waals surface area contributed by atoms with Crippen LogP contribution in [0.3, 0.4) is 0 Å². The SMILES string of the molecule is C=C(CC)CC(O)Cc1ccccc1OC. The summed E-state index contributed by atoms with van der Waals surface area (Å²) >= 11 is 0. The Balaban J connectivity index is 2.61. The molecule has 0 fully saturated rings. The van der Waals surface area contributed by atoms with E-state index in [4.69, 9.17) is 4.74 Å². The van der Waals surface area contributed by atoms with Crippen LogP contribution in [0.1, 0.15) is 25.3 Å².